The zero-order chi connectivity index (χ0) is 14.9. The second-order valence-corrected chi connectivity index (χ2v) is 5.84. The quantitative estimate of drug-likeness (QED) is 0.741. The summed E-state index contributed by atoms with van der Waals surface area (Å²) in [7, 11) is -4.36. The predicted molar refractivity (Wildman–Crippen MR) is 68.1 cm³/mol. The number of sulfonamides is 1. The topological polar surface area (TPSA) is 101 Å². The van der Waals surface area contributed by atoms with E-state index < -0.39 is 32.6 Å². The Balaban J connectivity index is 2.37. The summed E-state index contributed by atoms with van der Waals surface area (Å²) in [6, 6.07) is 0.801. The number of aromatic nitrogens is 2. The number of rotatable bonds is 4. The van der Waals surface area contributed by atoms with E-state index in [1.54, 1.807) is 0 Å². The number of nitrogens with zero attached hydrogens (tertiary/aromatic N) is 1. The summed E-state index contributed by atoms with van der Waals surface area (Å²) in [5.74, 6) is -2.48. The lowest BCUT2D eigenvalue weighted by Gasteiger charge is -2.14. The van der Waals surface area contributed by atoms with Crippen molar-refractivity contribution in [1.82, 2.24) is 14.9 Å². The van der Waals surface area contributed by atoms with Crippen LogP contribution in [0.1, 0.15) is 18.5 Å². The maximum Gasteiger partial charge on any atom is 0.246 e. The molecule has 1 unspecified atom stereocenters. The van der Waals surface area contributed by atoms with Crippen molar-refractivity contribution in [2.75, 3.05) is 5.73 Å². The van der Waals surface area contributed by atoms with Crippen molar-refractivity contribution in [3.63, 3.8) is 0 Å². The van der Waals surface area contributed by atoms with E-state index in [1.165, 1.54) is 19.3 Å². The van der Waals surface area contributed by atoms with Gasteiger partial charge in [-0.2, -0.15) is 5.10 Å². The standard InChI is InChI=1S/C11H12F2N4O2S/c1-6(7-4-15-16-5-7)17-20(18,19)11-9(12)2-8(14)3-10(11)13/h2-6,17H,14H2,1H3,(H,15,16). The number of benzene rings is 1. The highest BCUT2D eigenvalue weighted by Crippen LogP contribution is 2.23. The first-order chi connectivity index (χ1) is 9.31. The molecule has 0 saturated carbocycles. The van der Waals surface area contributed by atoms with Gasteiger partial charge in [-0.05, 0) is 19.1 Å². The summed E-state index contributed by atoms with van der Waals surface area (Å²) in [6.45, 7) is 1.52. The summed E-state index contributed by atoms with van der Waals surface area (Å²) in [5.41, 5.74) is 5.58. The van der Waals surface area contributed by atoms with Gasteiger partial charge in [0.25, 0.3) is 0 Å². The molecule has 2 aromatic rings. The van der Waals surface area contributed by atoms with Crippen LogP contribution in [0.25, 0.3) is 0 Å². The van der Waals surface area contributed by atoms with E-state index in [4.69, 9.17) is 5.73 Å². The minimum atomic E-state index is -4.36. The Labute approximate surface area is 114 Å². The van der Waals surface area contributed by atoms with Crippen LogP contribution in [0, 0.1) is 11.6 Å². The number of nitrogens with one attached hydrogen (secondary N) is 2. The van der Waals surface area contributed by atoms with E-state index in [9.17, 15) is 17.2 Å². The highest BCUT2D eigenvalue weighted by molar-refractivity contribution is 7.89. The Hall–Kier alpha value is -2.00. The van der Waals surface area contributed by atoms with Gasteiger partial charge < -0.3 is 5.73 Å². The molecule has 0 radical (unpaired) electrons. The smallest absolute Gasteiger partial charge is 0.246 e. The predicted octanol–water partition coefficient (Wildman–Crippen LogP) is 1.31. The summed E-state index contributed by atoms with van der Waals surface area (Å²) in [5, 5.41) is 6.19. The number of anilines is 1. The molecule has 0 spiro atoms. The number of hydrogen-bond acceptors (Lipinski definition) is 4. The molecule has 0 amide bonds. The highest BCUT2D eigenvalue weighted by atomic mass is 32.2. The minimum absolute atomic E-state index is 0.193. The first-order valence-corrected chi connectivity index (χ1v) is 7.05. The van der Waals surface area contributed by atoms with Crippen molar-refractivity contribution in [2.24, 2.45) is 0 Å². The first-order valence-electron chi connectivity index (χ1n) is 5.57. The minimum Gasteiger partial charge on any atom is -0.399 e. The lowest BCUT2D eigenvalue weighted by atomic mass is 10.2. The van der Waals surface area contributed by atoms with Crippen molar-refractivity contribution >= 4 is 15.7 Å². The van der Waals surface area contributed by atoms with E-state index in [0.29, 0.717) is 5.56 Å². The largest absolute Gasteiger partial charge is 0.399 e. The van der Waals surface area contributed by atoms with Crippen molar-refractivity contribution < 1.29 is 17.2 Å². The van der Waals surface area contributed by atoms with Gasteiger partial charge in [0.15, 0.2) is 4.90 Å². The van der Waals surface area contributed by atoms with Crippen LogP contribution in [0.2, 0.25) is 0 Å². The third-order valence-corrected chi connectivity index (χ3v) is 4.23. The van der Waals surface area contributed by atoms with E-state index in [2.05, 4.69) is 14.9 Å². The molecule has 0 bridgehead atoms. The Morgan fingerprint density at radius 1 is 1.35 bits per heavy atom. The van der Waals surface area contributed by atoms with Crippen LogP contribution in [-0.4, -0.2) is 18.6 Å². The van der Waals surface area contributed by atoms with Crippen molar-refractivity contribution in [3.8, 4) is 0 Å². The third kappa shape index (κ3) is 2.78. The van der Waals surface area contributed by atoms with Crippen LogP contribution in [0.15, 0.2) is 29.4 Å². The molecule has 6 nitrogen and oxygen atoms in total. The van der Waals surface area contributed by atoms with Gasteiger partial charge in [-0.15, -0.1) is 0 Å². The monoisotopic (exact) mass is 302 g/mol. The second-order valence-electron chi connectivity index (χ2n) is 4.19. The van der Waals surface area contributed by atoms with Crippen LogP contribution in [-0.2, 0) is 10.0 Å². The molecule has 0 aliphatic rings. The van der Waals surface area contributed by atoms with Crippen molar-refractivity contribution in [1.29, 1.82) is 0 Å². The number of hydrogen-bond donors (Lipinski definition) is 3. The zero-order valence-corrected chi connectivity index (χ0v) is 11.2. The molecule has 1 aromatic carbocycles. The Kier molecular flexibility index (Phi) is 3.73. The van der Waals surface area contributed by atoms with Gasteiger partial charge in [0.05, 0.1) is 6.20 Å². The number of aromatic amines is 1. The SMILES string of the molecule is CC(NS(=O)(=O)c1c(F)cc(N)cc1F)c1cn[nH]c1. The molecule has 108 valence electrons. The lowest BCUT2D eigenvalue weighted by molar-refractivity contribution is 0.510. The molecule has 20 heavy (non-hydrogen) atoms. The fraction of sp³-hybridized carbons (Fsp3) is 0.182. The van der Waals surface area contributed by atoms with E-state index >= 15 is 0 Å². The molecular formula is C11H12F2N4O2S. The summed E-state index contributed by atoms with van der Waals surface area (Å²) >= 11 is 0. The van der Waals surface area contributed by atoms with Crippen molar-refractivity contribution in [2.45, 2.75) is 17.9 Å². The Morgan fingerprint density at radius 3 is 2.45 bits per heavy atom. The molecule has 0 fully saturated rings. The molecule has 1 atom stereocenters. The number of nitrogens with two attached hydrogens (primary N) is 1. The van der Waals surface area contributed by atoms with Crippen LogP contribution in [0.5, 0.6) is 0 Å². The summed E-state index contributed by atoms with van der Waals surface area (Å²) < 4.78 is 53.5. The molecule has 4 N–H and O–H groups in total. The number of halogens is 2. The van der Waals surface area contributed by atoms with Gasteiger partial charge in [-0.3, -0.25) is 5.10 Å². The first kappa shape index (κ1) is 14.4. The Bertz CT molecular complexity index is 693. The van der Waals surface area contributed by atoms with Gasteiger partial charge in [0, 0.05) is 23.5 Å². The second kappa shape index (κ2) is 5.17. The lowest BCUT2D eigenvalue weighted by Crippen LogP contribution is -2.28. The normalized spacial score (nSPS) is 13.3. The average Bonchev–Trinajstić information content (AvgIpc) is 2.78. The van der Waals surface area contributed by atoms with Gasteiger partial charge in [-0.1, -0.05) is 0 Å². The highest BCUT2D eigenvalue weighted by Gasteiger charge is 2.26. The zero-order valence-electron chi connectivity index (χ0n) is 10.4. The average molecular weight is 302 g/mol. The number of H-pyrrole nitrogens is 1. The van der Waals surface area contributed by atoms with Gasteiger partial charge in [0.2, 0.25) is 10.0 Å². The van der Waals surface area contributed by atoms with Gasteiger partial charge in [0.1, 0.15) is 11.6 Å². The molecule has 0 aliphatic heterocycles. The van der Waals surface area contributed by atoms with Crippen molar-refractivity contribution in [3.05, 3.63) is 41.7 Å². The Morgan fingerprint density at radius 2 is 1.95 bits per heavy atom. The molecule has 9 heteroatoms. The molecule has 1 heterocycles. The maximum absolute atomic E-state index is 13.6. The molecule has 0 saturated heterocycles. The van der Waals surface area contributed by atoms with Gasteiger partial charge in [-0.25, -0.2) is 21.9 Å². The summed E-state index contributed by atoms with van der Waals surface area (Å²) in [4.78, 5) is -1.05. The van der Waals surface area contributed by atoms with Crippen LogP contribution in [0.4, 0.5) is 14.5 Å². The van der Waals surface area contributed by atoms with E-state index in [0.717, 1.165) is 12.1 Å². The fourth-order valence-electron chi connectivity index (χ4n) is 1.69. The van der Waals surface area contributed by atoms with Crippen LogP contribution < -0.4 is 10.5 Å². The van der Waals surface area contributed by atoms with Crippen LogP contribution in [0.3, 0.4) is 0 Å². The summed E-state index contributed by atoms with van der Waals surface area (Å²) in [6.07, 6.45) is 2.88. The van der Waals surface area contributed by atoms with Crippen LogP contribution >= 0.6 is 0 Å². The molecule has 2 rings (SSSR count). The fourth-order valence-corrected chi connectivity index (χ4v) is 3.04. The molecule has 0 aliphatic carbocycles. The third-order valence-electron chi connectivity index (χ3n) is 2.64. The number of nitrogen functional groups attached to an aromatic ring is 1. The maximum atomic E-state index is 13.6. The molecular weight excluding hydrogens is 290 g/mol. The van der Waals surface area contributed by atoms with Gasteiger partial charge >= 0.3 is 0 Å². The molecule has 1 aromatic heterocycles. The van der Waals surface area contributed by atoms with E-state index in [-0.39, 0.29) is 5.69 Å². The van der Waals surface area contributed by atoms with E-state index in [1.807, 2.05) is 0 Å².